The Balaban J connectivity index is 2.00. The van der Waals surface area contributed by atoms with Gasteiger partial charge in [-0.15, -0.1) is 0 Å². The van der Waals surface area contributed by atoms with Crippen molar-refractivity contribution < 1.29 is 19.1 Å². The number of aliphatic carboxylic acids is 1. The van der Waals surface area contributed by atoms with Crippen LogP contribution in [0.2, 0.25) is 0 Å². The third-order valence-electron chi connectivity index (χ3n) is 3.97. The number of carboxylic acid groups (broad SMARTS) is 1. The van der Waals surface area contributed by atoms with E-state index in [0.29, 0.717) is 5.56 Å². The molecule has 0 saturated heterocycles. The first-order valence-electron chi connectivity index (χ1n) is 7.34. The summed E-state index contributed by atoms with van der Waals surface area (Å²) < 4.78 is 13.6. The molecule has 0 bridgehead atoms. The molecule has 1 aromatic rings. The molecule has 1 fully saturated rings. The van der Waals surface area contributed by atoms with Gasteiger partial charge in [-0.2, -0.15) is 0 Å². The number of carbonyl (C=O) groups excluding carboxylic acids is 1. The predicted molar refractivity (Wildman–Crippen MR) is 76.2 cm³/mol. The van der Waals surface area contributed by atoms with E-state index in [2.05, 4.69) is 5.32 Å². The highest BCUT2D eigenvalue weighted by Crippen LogP contribution is 2.24. The van der Waals surface area contributed by atoms with Gasteiger partial charge < -0.3 is 10.4 Å². The van der Waals surface area contributed by atoms with Crippen LogP contribution in [0.5, 0.6) is 0 Å². The first kappa shape index (κ1) is 15.5. The van der Waals surface area contributed by atoms with Gasteiger partial charge in [0.2, 0.25) is 5.91 Å². The lowest BCUT2D eigenvalue weighted by Gasteiger charge is -2.23. The fraction of sp³-hybridized carbons (Fsp3) is 0.500. The fourth-order valence-electron chi connectivity index (χ4n) is 2.74. The summed E-state index contributed by atoms with van der Waals surface area (Å²) in [4.78, 5) is 23.4. The van der Waals surface area contributed by atoms with Gasteiger partial charge in [0.25, 0.3) is 0 Å². The van der Waals surface area contributed by atoms with E-state index in [4.69, 9.17) is 0 Å². The Kier molecular flexibility index (Phi) is 5.31. The first-order valence-corrected chi connectivity index (χ1v) is 7.34. The average molecular weight is 293 g/mol. The van der Waals surface area contributed by atoms with E-state index in [-0.39, 0.29) is 18.2 Å². The number of amides is 1. The van der Waals surface area contributed by atoms with Gasteiger partial charge in [-0.25, -0.2) is 9.18 Å². The molecule has 0 radical (unpaired) electrons. The Morgan fingerprint density at radius 2 is 1.90 bits per heavy atom. The van der Waals surface area contributed by atoms with Crippen LogP contribution >= 0.6 is 0 Å². The summed E-state index contributed by atoms with van der Waals surface area (Å²) in [6.07, 6.45) is 4.70. The Bertz CT molecular complexity index is 512. The molecule has 1 amide bonds. The largest absolute Gasteiger partial charge is 0.480 e. The second-order valence-corrected chi connectivity index (χ2v) is 5.53. The SMILES string of the molecule is O=C(NC(Cc1ccccc1F)C(=O)O)C1CCCCC1. The molecule has 2 N–H and O–H groups in total. The minimum Gasteiger partial charge on any atom is -0.480 e. The van der Waals surface area contributed by atoms with Gasteiger partial charge in [-0.05, 0) is 24.5 Å². The number of halogens is 1. The van der Waals surface area contributed by atoms with Crippen LogP contribution in [0, 0.1) is 11.7 Å². The molecule has 0 aromatic heterocycles. The van der Waals surface area contributed by atoms with E-state index in [1.165, 1.54) is 12.1 Å². The molecule has 1 atom stereocenters. The third kappa shape index (κ3) is 4.28. The number of carboxylic acids is 1. The van der Waals surface area contributed by atoms with Gasteiger partial charge in [0.15, 0.2) is 0 Å². The Hall–Kier alpha value is -1.91. The minimum absolute atomic E-state index is 0.0412. The molecular weight excluding hydrogens is 273 g/mol. The zero-order chi connectivity index (χ0) is 15.2. The van der Waals surface area contributed by atoms with Gasteiger partial charge in [-0.1, -0.05) is 37.5 Å². The number of benzene rings is 1. The summed E-state index contributed by atoms with van der Waals surface area (Å²) in [5.74, 6) is -1.92. The van der Waals surface area contributed by atoms with Crippen LogP contribution in [0.15, 0.2) is 24.3 Å². The maximum absolute atomic E-state index is 13.6. The zero-order valence-electron chi connectivity index (χ0n) is 11.8. The van der Waals surface area contributed by atoms with Gasteiger partial charge in [-0.3, -0.25) is 4.79 Å². The molecule has 114 valence electrons. The Morgan fingerprint density at radius 3 is 2.52 bits per heavy atom. The van der Waals surface area contributed by atoms with E-state index >= 15 is 0 Å². The maximum Gasteiger partial charge on any atom is 0.326 e. The first-order chi connectivity index (χ1) is 10.1. The van der Waals surface area contributed by atoms with Crippen LogP contribution in [0.4, 0.5) is 4.39 Å². The lowest BCUT2D eigenvalue weighted by atomic mass is 9.88. The summed E-state index contributed by atoms with van der Waals surface area (Å²) in [6.45, 7) is 0. The highest BCUT2D eigenvalue weighted by molar-refractivity contribution is 5.85. The summed E-state index contributed by atoms with van der Waals surface area (Å²) in [6, 6.07) is 4.95. The topological polar surface area (TPSA) is 66.4 Å². The molecule has 1 aliphatic carbocycles. The number of hydrogen-bond donors (Lipinski definition) is 2. The van der Waals surface area contributed by atoms with Crippen molar-refractivity contribution in [2.45, 2.75) is 44.6 Å². The van der Waals surface area contributed by atoms with E-state index in [0.717, 1.165) is 32.1 Å². The monoisotopic (exact) mass is 293 g/mol. The predicted octanol–water partition coefficient (Wildman–Crippen LogP) is 2.52. The summed E-state index contributed by atoms with van der Waals surface area (Å²) in [7, 11) is 0. The molecule has 2 rings (SSSR count). The highest BCUT2D eigenvalue weighted by Gasteiger charge is 2.27. The quantitative estimate of drug-likeness (QED) is 0.876. The minimum atomic E-state index is -1.14. The number of carbonyl (C=O) groups is 2. The molecular formula is C16H20FNO3. The molecule has 1 aromatic carbocycles. The fourth-order valence-corrected chi connectivity index (χ4v) is 2.74. The Morgan fingerprint density at radius 1 is 1.24 bits per heavy atom. The molecule has 1 saturated carbocycles. The number of nitrogens with one attached hydrogen (secondary N) is 1. The smallest absolute Gasteiger partial charge is 0.326 e. The van der Waals surface area contributed by atoms with Crippen molar-refractivity contribution in [3.63, 3.8) is 0 Å². The zero-order valence-corrected chi connectivity index (χ0v) is 11.8. The van der Waals surface area contributed by atoms with Crippen molar-refractivity contribution in [3.05, 3.63) is 35.6 Å². The van der Waals surface area contributed by atoms with Crippen molar-refractivity contribution >= 4 is 11.9 Å². The molecule has 4 nitrogen and oxygen atoms in total. The molecule has 0 heterocycles. The molecule has 5 heteroatoms. The molecule has 1 unspecified atom stereocenters. The lowest BCUT2D eigenvalue weighted by molar-refractivity contribution is -0.142. The van der Waals surface area contributed by atoms with E-state index in [1.807, 2.05) is 0 Å². The number of hydrogen-bond acceptors (Lipinski definition) is 2. The van der Waals surface area contributed by atoms with Crippen molar-refractivity contribution in [3.8, 4) is 0 Å². The molecule has 21 heavy (non-hydrogen) atoms. The van der Waals surface area contributed by atoms with Crippen LogP contribution in [0.25, 0.3) is 0 Å². The van der Waals surface area contributed by atoms with Gasteiger partial charge in [0.05, 0.1) is 0 Å². The second kappa shape index (κ2) is 7.20. The van der Waals surface area contributed by atoms with Crippen LogP contribution < -0.4 is 5.32 Å². The van der Waals surface area contributed by atoms with Gasteiger partial charge in [0, 0.05) is 12.3 Å². The van der Waals surface area contributed by atoms with Crippen LogP contribution in [0.3, 0.4) is 0 Å². The number of rotatable bonds is 5. The summed E-state index contributed by atoms with van der Waals surface area (Å²) in [5, 5.41) is 11.8. The van der Waals surface area contributed by atoms with Crippen molar-refractivity contribution in [1.29, 1.82) is 0 Å². The standard InChI is InChI=1S/C16H20FNO3/c17-13-9-5-4-8-12(13)10-14(16(20)21)18-15(19)11-6-2-1-3-7-11/h4-5,8-9,11,14H,1-3,6-7,10H2,(H,18,19)(H,20,21). The van der Waals surface area contributed by atoms with Gasteiger partial charge >= 0.3 is 5.97 Å². The van der Waals surface area contributed by atoms with Crippen LogP contribution in [-0.4, -0.2) is 23.0 Å². The van der Waals surface area contributed by atoms with E-state index in [9.17, 15) is 19.1 Å². The highest BCUT2D eigenvalue weighted by atomic mass is 19.1. The van der Waals surface area contributed by atoms with E-state index in [1.54, 1.807) is 12.1 Å². The van der Waals surface area contributed by atoms with Crippen LogP contribution in [-0.2, 0) is 16.0 Å². The Labute approximate surface area is 123 Å². The lowest BCUT2D eigenvalue weighted by Crippen LogP contribution is -2.45. The maximum atomic E-state index is 13.6. The third-order valence-corrected chi connectivity index (χ3v) is 3.97. The normalized spacial score (nSPS) is 17.2. The van der Waals surface area contributed by atoms with Crippen molar-refractivity contribution in [2.75, 3.05) is 0 Å². The molecule has 0 spiro atoms. The molecule has 0 aliphatic heterocycles. The average Bonchev–Trinajstić information content (AvgIpc) is 2.49. The summed E-state index contributed by atoms with van der Waals surface area (Å²) >= 11 is 0. The van der Waals surface area contributed by atoms with Crippen molar-refractivity contribution in [2.24, 2.45) is 5.92 Å². The van der Waals surface area contributed by atoms with E-state index < -0.39 is 17.8 Å². The van der Waals surface area contributed by atoms with Crippen LogP contribution in [0.1, 0.15) is 37.7 Å². The molecule has 1 aliphatic rings. The second-order valence-electron chi connectivity index (χ2n) is 5.53. The summed E-state index contributed by atoms with van der Waals surface area (Å²) in [5.41, 5.74) is 0.300. The van der Waals surface area contributed by atoms with Crippen molar-refractivity contribution in [1.82, 2.24) is 5.32 Å². The van der Waals surface area contributed by atoms with Gasteiger partial charge in [0.1, 0.15) is 11.9 Å².